The van der Waals surface area contributed by atoms with Crippen molar-refractivity contribution >= 4 is 27.5 Å². The number of fused-ring (bicyclic) bond motifs is 2. The van der Waals surface area contributed by atoms with Gasteiger partial charge < -0.3 is 15.0 Å². The van der Waals surface area contributed by atoms with Gasteiger partial charge in [0.15, 0.2) is 0 Å². The zero-order chi connectivity index (χ0) is 12.1. The van der Waals surface area contributed by atoms with Crippen LogP contribution in [0.25, 0.3) is 10.2 Å². The predicted molar refractivity (Wildman–Crippen MR) is 69.9 cm³/mol. The van der Waals surface area contributed by atoms with Crippen molar-refractivity contribution in [3.63, 3.8) is 0 Å². The molecular weight excluding hydrogens is 248 g/mol. The molecule has 1 aliphatic carbocycles. The first-order chi connectivity index (χ1) is 8.81. The summed E-state index contributed by atoms with van der Waals surface area (Å²) in [6.45, 7) is 0.847. The maximum atomic E-state index is 12.1. The molecule has 3 atom stereocenters. The number of carbonyl (C=O) groups is 1. The summed E-state index contributed by atoms with van der Waals surface area (Å²) in [4.78, 5) is 15.3. The minimum atomic E-state index is 0.00810. The zero-order valence-corrected chi connectivity index (χ0v) is 10.6. The number of aromatic amines is 1. The van der Waals surface area contributed by atoms with Gasteiger partial charge in [-0.05, 0) is 30.4 Å². The van der Waals surface area contributed by atoms with Crippen LogP contribution in [0.2, 0.25) is 0 Å². The fraction of sp³-hybridized carbons (Fsp3) is 0.462. The van der Waals surface area contributed by atoms with Crippen LogP contribution >= 0.6 is 11.3 Å². The third-order valence-electron chi connectivity index (χ3n) is 4.06. The molecule has 5 heteroatoms. The molecule has 0 unspecified atom stereocenters. The van der Waals surface area contributed by atoms with Gasteiger partial charge in [0.2, 0.25) is 0 Å². The lowest BCUT2D eigenvalue weighted by molar-refractivity contribution is 0.00804. The van der Waals surface area contributed by atoms with Gasteiger partial charge in [0.25, 0.3) is 5.91 Å². The zero-order valence-electron chi connectivity index (χ0n) is 9.81. The van der Waals surface area contributed by atoms with E-state index in [9.17, 15) is 4.79 Å². The number of ether oxygens (including phenoxy) is 1. The monoisotopic (exact) mass is 262 g/mol. The number of rotatable bonds is 2. The van der Waals surface area contributed by atoms with E-state index in [4.69, 9.17) is 4.74 Å². The Morgan fingerprint density at radius 3 is 3.33 bits per heavy atom. The lowest BCUT2D eigenvalue weighted by Crippen LogP contribution is -2.53. The molecule has 4 rings (SSSR count). The minimum Gasteiger partial charge on any atom is -0.378 e. The summed E-state index contributed by atoms with van der Waals surface area (Å²) in [7, 11) is 0. The molecule has 0 aromatic carbocycles. The van der Waals surface area contributed by atoms with Gasteiger partial charge >= 0.3 is 0 Å². The number of aromatic nitrogens is 1. The molecular formula is C13H14N2O2S. The Morgan fingerprint density at radius 2 is 2.50 bits per heavy atom. The van der Waals surface area contributed by atoms with Gasteiger partial charge in [-0.1, -0.05) is 0 Å². The second kappa shape index (κ2) is 3.83. The smallest absolute Gasteiger partial charge is 0.267 e. The van der Waals surface area contributed by atoms with Crippen LogP contribution in [0.1, 0.15) is 23.3 Å². The highest BCUT2D eigenvalue weighted by Gasteiger charge is 2.45. The fourth-order valence-corrected chi connectivity index (χ4v) is 3.76. The van der Waals surface area contributed by atoms with E-state index < -0.39 is 0 Å². The second-order valence-corrected chi connectivity index (χ2v) is 6.01. The molecule has 1 amide bonds. The van der Waals surface area contributed by atoms with Crippen molar-refractivity contribution < 1.29 is 9.53 Å². The SMILES string of the molecule is O=C(N[C@H]1C[C@@H]2OCC[C@H]12)c1cc2sccc2[nH]1. The van der Waals surface area contributed by atoms with Crippen LogP contribution in [-0.4, -0.2) is 29.6 Å². The standard InChI is InChI=1S/C13H14N2O2S/c16-13(10-6-12-8(14-10)2-4-18-12)15-9-5-11-7(9)1-3-17-11/h2,4,6-7,9,11,14H,1,3,5H2,(H,15,16)/t7-,9+,11+/m1/s1. The van der Waals surface area contributed by atoms with E-state index in [0.717, 1.165) is 29.7 Å². The molecule has 18 heavy (non-hydrogen) atoms. The average molecular weight is 262 g/mol. The molecule has 2 aliphatic rings. The number of hydrogen-bond donors (Lipinski definition) is 2. The van der Waals surface area contributed by atoms with E-state index in [1.165, 1.54) is 0 Å². The molecule has 0 bridgehead atoms. The largest absolute Gasteiger partial charge is 0.378 e. The van der Waals surface area contributed by atoms with Gasteiger partial charge in [0, 0.05) is 18.6 Å². The summed E-state index contributed by atoms with van der Waals surface area (Å²) in [6.07, 6.45) is 2.43. The molecule has 94 valence electrons. The maximum Gasteiger partial charge on any atom is 0.267 e. The van der Waals surface area contributed by atoms with Crippen molar-refractivity contribution in [1.29, 1.82) is 0 Å². The molecule has 4 nitrogen and oxygen atoms in total. The highest BCUT2D eigenvalue weighted by atomic mass is 32.1. The molecule has 1 aliphatic heterocycles. The van der Waals surface area contributed by atoms with Crippen molar-refractivity contribution in [1.82, 2.24) is 10.3 Å². The maximum absolute atomic E-state index is 12.1. The lowest BCUT2D eigenvalue weighted by atomic mass is 9.76. The van der Waals surface area contributed by atoms with Crippen LogP contribution < -0.4 is 5.32 Å². The summed E-state index contributed by atoms with van der Waals surface area (Å²) >= 11 is 1.65. The highest BCUT2D eigenvalue weighted by molar-refractivity contribution is 7.17. The van der Waals surface area contributed by atoms with Gasteiger partial charge in [-0.25, -0.2) is 0 Å². The number of amides is 1. The van der Waals surface area contributed by atoms with Crippen molar-refractivity contribution in [2.75, 3.05) is 6.61 Å². The molecule has 0 radical (unpaired) electrons. The number of H-pyrrole nitrogens is 1. The summed E-state index contributed by atoms with van der Waals surface area (Å²) in [6, 6.07) is 4.23. The second-order valence-electron chi connectivity index (χ2n) is 5.06. The molecule has 2 N–H and O–H groups in total. The Bertz CT molecular complexity index is 574. The van der Waals surface area contributed by atoms with Crippen LogP contribution in [0.3, 0.4) is 0 Å². The normalized spacial score (nSPS) is 30.1. The molecule has 1 saturated heterocycles. The topological polar surface area (TPSA) is 54.1 Å². The van der Waals surface area contributed by atoms with Gasteiger partial charge in [0.05, 0.1) is 16.3 Å². The third kappa shape index (κ3) is 1.51. The predicted octanol–water partition coefficient (Wildman–Crippen LogP) is 2.14. The van der Waals surface area contributed by atoms with Crippen molar-refractivity contribution in [3.8, 4) is 0 Å². The average Bonchev–Trinajstić information content (AvgIpc) is 2.98. The molecule has 2 aromatic heterocycles. The van der Waals surface area contributed by atoms with E-state index >= 15 is 0 Å². The summed E-state index contributed by atoms with van der Waals surface area (Å²) in [5, 5.41) is 5.13. The summed E-state index contributed by atoms with van der Waals surface area (Å²) in [5.41, 5.74) is 1.71. The minimum absolute atomic E-state index is 0.00810. The van der Waals surface area contributed by atoms with E-state index in [-0.39, 0.29) is 5.91 Å². The first-order valence-electron chi connectivity index (χ1n) is 6.30. The Balaban J connectivity index is 1.48. The quantitative estimate of drug-likeness (QED) is 0.871. The molecule has 0 spiro atoms. The first kappa shape index (κ1) is 10.6. The summed E-state index contributed by atoms with van der Waals surface area (Å²) in [5.74, 6) is 0.541. The Hall–Kier alpha value is -1.33. The molecule has 3 heterocycles. The van der Waals surface area contributed by atoms with Crippen LogP contribution in [0.15, 0.2) is 17.5 Å². The van der Waals surface area contributed by atoms with Crippen molar-refractivity contribution in [3.05, 3.63) is 23.2 Å². The van der Waals surface area contributed by atoms with Crippen LogP contribution in [-0.2, 0) is 4.74 Å². The van der Waals surface area contributed by atoms with E-state index in [1.54, 1.807) is 11.3 Å². The van der Waals surface area contributed by atoms with Crippen LogP contribution in [0.4, 0.5) is 0 Å². The van der Waals surface area contributed by atoms with Crippen LogP contribution in [0.5, 0.6) is 0 Å². The van der Waals surface area contributed by atoms with E-state index in [2.05, 4.69) is 10.3 Å². The number of thiophene rings is 1. The van der Waals surface area contributed by atoms with Crippen LogP contribution in [0, 0.1) is 5.92 Å². The third-order valence-corrected chi connectivity index (χ3v) is 4.93. The number of carbonyl (C=O) groups excluding carboxylic acids is 1. The van der Waals surface area contributed by atoms with Gasteiger partial charge in [0.1, 0.15) is 5.69 Å². The van der Waals surface area contributed by atoms with E-state index in [0.29, 0.717) is 23.8 Å². The summed E-state index contributed by atoms with van der Waals surface area (Å²) < 4.78 is 6.68. The van der Waals surface area contributed by atoms with Crippen molar-refractivity contribution in [2.45, 2.75) is 25.0 Å². The van der Waals surface area contributed by atoms with Gasteiger partial charge in [-0.15, -0.1) is 11.3 Å². The Kier molecular flexibility index (Phi) is 2.25. The van der Waals surface area contributed by atoms with Crippen molar-refractivity contribution in [2.24, 2.45) is 5.92 Å². The number of nitrogens with one attached hydrogen (secondary N) is 2. The molecule has 2 fully saturated rings. The lowest BCUT2D eigenvalue weighted by Gasteiger charge is -2.39. The molecule has 2 aromatic rings. The van der Waals surface area contributed by atoms with Gasteiger partial charge in [-0.3, -0.25) is 4.79 Å². The van der Waals surface area contributed by atoms with Gasteiger partial charge in [-0.2, -0.15) is 0 Å². The highest BCUT2D eigenvalue weighted by Crippen LogP contribution is 2.38. The Labute approximate surface area is 108 Å². The molecule has 1 saturated carbocycles. The Morgan fingerprint density at radius 1 is 1.56 bits per heavy atom. The fourth-order valence-electron chi connectivity index (χ4n) is 2.98. The van der Waals surface area contributed by atoms with E-state index in [1.807, 2.05) is 17.5 Å². The first-order valence-corrected chi connectivity index (χ1v) is 7.18. The number of hydrogen-bond acceptors (Lipinski definition) is 3.